The number of carboxylic acid groups (broad SMARTS) is 1. The van der Waals surface area contributed by atoms with Gasteiger partial charge in [0.25, 0.3) is 11.8 Å². The average molecular weight is 986 g/mol. The van der Waals surface area contributed by atoms with Crippen LogP contribution in [0, 0.1) is 11.3 Å². The summed E-state index contributed by atoms with van der Waals surface area (Å²) in [7, 11) is 0. The highest BCUT2D eigenvalue weighted by atomic mass is 16.6. The predicted octanol–water partition coefficient (Wildman–Crippen LogP) is 1.36. The van der Waals surface area contributed by atoms with Crippen molar-refractivity contribution in [2.24, 2.45) is 11.3 Å². The maximum Gasteiger partial charge on any atom is 0.335 e. The number of esters is 1. The molecular formula is C48H71N7O15. The van der Waals surface area contributed by atoms with Crippen LogP contribution < -0.4 is 16.0 Å². The third-order valence-electron chi connectivity index (χ3n) is 11.6. The molecule has 2 aliphatic rings. The Morgan fingerprint density at radius 2 is 1.49 bits per heavy atom. The molecule has 0 aliphatic carbocycles. The maximum atomic E-state index is 14.1. The number of amides is 5. The lowest BCUT2D eigenvalue weighted by atomic mass is 9.91. The second-order valence-electron chi connectivity index (χ2n) is 20.6. The molecule has 1 aromatic carbocycles. The zero-order chi connectivity index (χ0) is 52.5. The minimum absolute atomic E-state index is 0.0537. The smallest absolute Gasteiger partial charge is 0.335 e. The quantitative estimate of drug-likeness (QED) is 0.0611. The Balaban J connectivity index is 1.44. The highest BCUT2D eigenvalue weighted by Crippen LogP contribution is 2.28. The Labute approximate surface area is 407 Å². The molecule has 22 heteroatoms. The fourth-order valence-electron chi connectivity index (χ4n) is 7.38. The molecule has 8 atom stereocenters. The SMILES string of the molecule is CC(C)C(NC(=O)C(Cc1cn(CCOC(C)(C)CCOC(C)(C)C)nn1)N1C(=O)C=CC1=O)C(=O)N[C@@H](C)C(=O)Nc1ccc(COC(=O)C(C)(C)C)c(CC[C@@H]2O[C@H](C(=O)O)[C@@H](O)[C@H](O)[C@H]2O)c1. The van der Waals surface area contributed by atoms with Gasteiger partial charge in [0.15, 0.2) is 6.10 Å². The van der Waals surface area contributed by atoms with Crippen molar-refractivity contribution < 1.29 is 72.9 Å². The molecule has 1 saturated heterocycles. The fourth-order valence-corrected chi connectivity index (χ4v) is 7.38. The second-order valence-corrected chi connectivity index (χ2v) is 20.6. The highest BCUT2D eigenvalue weighted by Gasteiger charge is 2.46. The third-order valence-corrected chi connectivity index (χ3v) is 11.6. The maximum absolute atomic E-state index is 14.1. The molecule has 0 radical (unpaired) electrons. The molecule has 4 rings (SSSR count). The zero-order valence-electron chi connectivity index (χ0n) is 41.9. The van der Waals surface area contributed by atoms with E-state index in [2.05, 4.69) is 26.3 Å². The van der Waals surface area contributed by atoms with E-state index in [1.54, 1.807) is 52.9 Å². The van der Waals surface area contributed by atoms with E-state index in [0.29, 0.717) is 30.7 Å². The van der Waals surface area contributed by atoms with Crippen molar-refractivity contribution in [3.05, 3.63) is 53.4 Å². The topological polar surface area (TPSA) is 307 Å². The lowest BCUT2D eigenvalue weighted by Crippen LogP contribution is -2.59. The molecule has 70 heavy (non-hydrogen) atoms. The Hall–Kier alpha value is -5.65. The molecule has 1 fully saturated rings. The number of aromatic nitrogens is 3. The number of aliphatic hydroxyl groups excluding tert-OH is 3. The van der Waals surface area contributed by atoms with Gasteiger partial charge in [0.2, 0.25) is 17.7 Å². The monoisotopic (exact) mass is 986 g/mol. The number of nitrogens with zero attached hydrogens (tertiary/aromatic N) is 4. The van der Waals surface area contributed by atoms with Gasteiger partial charge in [-0.1, -0.05) is 25.1 Å². The molecule has 2 unspecified atom stereocenters. The number of rotatable bonds is 23. The van der Waals surface area contributed by atoms with Crippen LogP contribution in [0.15, 0.2) is 36.5 Å². The van der Waals surface area contributed by atoms with Gasteiger partial charge in [-0.2, -0.15) is 0 Å². The van der Waals surface area contributed by atoms with Gasteiger partial charge in [-0.15, -0.1) is 5.10 Å². The van der Waals surface area contributed by atoms with Crippen LogP contribution in [-0.4, -0.2) is 155 Å². The first kappa shape index (κ1) is 56.9. The molecule has 388 valence electrons. The van der Waals surface area contributed by atoms with E-state index in [-0.39, 0.29) is 49.5 Å². The lowest BCUT2D eigenvalue weighted by Gasteiger charge is -2.39. The van der Waals surface area contributed by atoms with E-state index >= 15 is 0 Å². The van der Waals surface area contributed by atoms with Gasteiger partial charge in [-0.05, 0) is 111 Å². The number of hydrogen-bond donors (Lipinski definition) is 7. The number of benzene rings is 1. The first-order valence-corrected chi connectivity index (χ1v) is 23.3. The lowest BCUT2D eigenvalue weighted by molar-refractivity contribution is -0.228. The molecule has 5 amide bonds. The Bertz CT molecular complexity index is 2210. The van der Waals surface area contributed by atoms with E-state index in [0.717, 1.165) is 17.1 Å². The van der Waals surface area contributed by atoms with Gasteiger partial charge in [-0.25, -0.2) is 9.48 Å². The number of aryl methyl sites for hydroxylation is 1. The van der Waals surface area contributed by atoms with Crippen LogP contribution in [0.2, 0.25) is 0 Å². The number of carbonyl (C=O) groups excluding carboxylic acids is 6. The fraction of sp³-hybridized carbons (Fsp3) is 0.646. The molecule has 7 N–H and O–H groups in total. The van der Waals surface area contributed by atoms with Crippen LogP contribution in [0.3, 0.4) is 0 Å². The summed E-state index contributed by atoms with van der Waals surface area (Å²) in [6.07, 6.45) is -4.22. The number of hydrogen-bond acceptors (Lipinski definition) is 16. The van der Waals surface area contributed by atoms with Crippen LogP contribution in [0.1, 0.15) is 106 Å². The molecule has 0 saturated carbocycles. The predicted molar refractivity (Wildman–Crippen MR) is 250 cm³/mol. The van der Waals surface area contributed by atoms with Crippen molar-refractivity contribution in [1.82, 2.24) is 30.5 Å². The van der Waals surface area contributed by atoms with Crippen molar-refractivity contribution >= 4 is 47.2 Å². The third kappa shape index (κ3) is 16.2. The van der Waals surface area contributed by atoms with Gasteiger partial charge in [0.05, 0.1) is 41.6 Å². The number of carbonyl (C=O) groups is 7. The number of aliphatic hydroxyl groups is 3. The van der Waals surface area contributed by atoms with Crippen LogP contribution in [0.4, 0.5) is 5.69 Å². The van der Waals surface area contributed by atoms with Gasteiger partial charge < -0.3 is 55.3 Å². The summed E-state index contributed by atoms with van der Waals surface area (Å²) in [6, 6.07) is 0.843. The molecule has 3 heterocycles. The van der Waals surface area contributed by atoms with Gasteiger partial charge in [0.1, 0.15) is 43.0 Å². The van der Waals surface area contributed by atoms with Gasteiger partial charge >= 0.3 is 11.9 Å². The molecule has 2 aromatic rings. The molecule has 1 aromatic heterocycles. The Morgan fingerprint density at radius 3 is 2.09 bits per heavy atom. The van der Waals surface area contributed by atoms with E-state index in [1.165, 1.54) is 17.7 Å². The Morgan fingerprint density at radius 1 is 0.829 bits per heavy atom. The van der Waals surface area contributed by atoms with Crippen molar-refractivity contribution in [2.75, 3.05) is 18.5 Å². The molecule has 22 nitrogen and oxygen atoms in total. The number of aliphatic carboxylic acids is 1. The average Bonchev–Trinajstić information content (AvgIpc) is 3.85. The number of ether oxygens (including phenoxy) is 4. The van der Waals surface area contributed by atoms with E-state index in [4.69, 9.17) is 18.9 Å². The molecule has 0 spiro atoms. The first-order valence-electron chi connectivity index (χ1n) is 23.3. The highest BCUT2D eigenvalue weighted by molar-refractivity contribution is 6.15. The number of anilines is 1. The normalized spacial score (nSPS) is 21.1. The minimum atomic E-state index is -1.87. The number of nitrogens with one attached hydrogen (secondary N) is 3. The first-order chi connectivity index (χ1) is 32.5. The summed E-state index contributed by atoms with van der Waals surface area (Å²) in [4.78, 5) is 92.4. The zero-order valence-corrected chi connectivity index (χ0v) is 41.9. The van der Waals surface area contributed by atoms with Crippen molar-refractivity contribution in [1.29, 1.82) is 0 Å². The van der Waals surface area contributed by atoms with Crippen LogP contribution in [-0.2, 0) is 78.5 Å². The van der Waals surface area contributed by atoms with Crippen LogP contribution in [0.25, 0.3) is 0 Å². The van der Waals surface area contributed by atoms with Crippen molar-refractivity contribution in [3.63, 3.8) is 0 Å². The summed E-state index contributed by atoms with van der Waals surface area (Å²) in [6.45, 7) is 20.6. The summed E-state index contributed by atoms with van der Waals surface area (Å²) < 4.78 is 24.4. The van der Waals surface area contributed by atoms with Crippen molar-refractivity contribution in [2.45, 2.75) is 175 Å². The largest absolute Gasteiger partial charge is 0.479 e. The summed E-state index contributed by atoms with van der Waals surface area (Å²) >= 11 is 0. The number of imide groups is 1. The summed E-state index contributed by atoms with van der Waals surface area (Å²) in [5.74, 6) is -6.26. The molecular weight excluding hydrogens is 915 g/mol. The van der Waals surface area contributed by atoms with Gasteiger partial charge in [-0.3, -0.25) is 33.7 Å². The second kappa shape index (κ2) is 24.0. The minimum Gasteiger partial charge on any atom is -0.479 e. The van der Waals surface area contributed by atoms with Gasteiger partial charge in [0, 0.05) is 37.1 Å². The van der Waals surface area contributed by atoms with E-state index < -0.39 is 107 Å². The van der Waals surface area contributed by atoms with Crippen LogP contribution >= 0.6 is 0 Å². The van der Waals surface area contributed by atoms with E-state index in [1.807, 2.05) is 34.6 Å². The standard InChI is InChI=1S/C48H71N7O15/c1-26(2)36(51-42(62)32(55-34(56)16-17-35(55)57)23-31-24-54(53-52-31)19-21-69-48(10,11)18-20-68-47(7,8)9)43(63)49-27(3)41(61)50-30-14-12-29(25-67-45(66)46(4,5)6)28(22-30)13-15-33-37(58)38(59)39(60)40(70-33)44(64)65/h12,14,16-17,22,24,26-27,32-33,36-40,58-60H,13,15,18-21,23,25H2,1-11H3,(H,49,63)(H,50,61)(H,51,62)(H,64,65)/t27-,32?,33-,36?,37-,38+,39-,40-/m0/s1. The van der Waals surface area contributed by atoms with Crippen molar-refractivity contribution in [3.8, 4) is 0 Å². The van der Waals surface area contributed by atoms with Crippen LogP contribution in [0.5, 0.6) is 0 Å². The summed E-state index contributed by atoms with van der Waals surface area (Å²) in [5, 5.41) is 56.9. The Kier molecular flexibility index (Phi) is 19.5. The molecule has 2 aliphatic heterocycles. The molecule has 0 bridgehead atoms. The summed E-state index contributed by atoms with van der Waals surface area (Å²) in [5.41, 5.74) is -0.0456. The van der Waals surface area contributed by atoms with E-state index in [9.17, 15) is 54.0 Å². The number of carboxylic acids is 1.